The van der Waals surface area contributed by atoms with Crippen LogP contribution < -0.4 is 0 Å². The van der Waals surface area contributed by atoms with Gasteiger partial charge in [-0.3, -0.25) is 0 Å². The first-order chi connectivity index (χ1) is 15.0. The zero-order valence-electron chi connectivity index (χ0n) is 21.1. The molecule has 0 aromatic heterocycles. The molecule has 4 heteroatoms. The molecule has 0 bridgehead atoms. The molecule has 33 heavy (non-hydrogen) atoms. The zero-order valence-corrected chi connectivity index (χ0v) is 26.5. The summed E-state index contributed by atoms with van der Waals surface area (Å²) in [5, 5.41) is 0. The average Bonchev–Trinajstić information content (AvgIpc) is 3.04. The van der Waals surface area contributed by atoms with E-state index < -0.39 is 18.5 Å². The number of halogens is 2. The van der Waals surface area contributed by atoms with Gasteiger partial charge < -0.3 is 0 Å². The molecule has 0 fully saturated rings. The minimum absolute atomic E-state index is 0. The second kappa shape index (κ2) is 9.93. The minimum Gasteiger partial charge on any atom is -0.114 e. The van der Waals surface area contributed by atoms with E-state index in [1.807, 2.05) is 0 Å². The predicted octanol–water partition coefficient (Wildman–Crippen LogP) is 7.96. The summed E-state index contributed by atoms with van der Waals surface area (Å²) >= 11 is 15.1. The molecular formula is C29H36Cl2SiZr. The van der Waals surface area contributed by atoms with Gasteiger partial charge in [-0.15, -0.1) is 23.2 Å². The number of hydrogen-bond acceptors (Lipinski definition) is 0. The van der Waals surface area contributed by atoms with Gasteiger partial charge >= 0.3 is 0 Å². The Morgan fingerprint density at radius 2 is 1.33 bits per heavy atom. The smallest absolute Gasteiger partial charge is 0.0923 e. The number of allylic oxidation sites excluding steroid dienone is 3. The van der Waals surface area contributed by atoms with Gasteiger partial charge in [-0.1, -0.05) is 75.7 Å². The third-order valence-electron chi connectivity index (χ3n) is 7.39. The molecule has 4 rings (SSSR count). The van der Waals surface area contributed by atoms with E-state index in [2.05, 4.69) is 90.9 Å². The molecule has 2 aliphatic carbocycles. The summed E-state index contributed by atoms with van der Waals surface area (Å²) in [7, 11) is -1.04. The molecule has 174 valence electrons. The average molecular weight is 575 g/mol. The molecule has 2 unspecified atom stereocenters. The van der Waals surface area contributed by atoms with Crippen LogP contribution in [0.4, 0.5) is 0 Å². The van der Waals surface area contributed by atoms with Crippen LogP contribution in [0.5, 0.6) is 0 Å². The Balaban J connectivity index is 0.00000306. The Hall–Kier alpha value is -0.400. The Morgan fingerprint density at radius 1 is 0.788 bits per heavy atom. The Kier molecular flexibility index (Phi) is 8.18. The van der Waals surface area contributed by atoms with Gasteiger partial charge in [0.1, 0.15) is 0 Å². The Labute approximate surface area is 232 Å². The predicted molar refractivity (Wildman–Crippen MR) is 145 cm³/mol. The van der Waals surface area contributed by atoms with E-state index in [0.29, 0.717) is 11.8 Å². The van der Waals surface area contributed by atoms with Crippen LogP contribution in [0.25, 0.3) is 11.6 Å². The van der Waals surface area contributed by atoms with E-state index in [1.165, 1.54) is 50.1 Å². The van der Waals surface area contributed by atoms with Gasteiger partial charge in [0.05, 0.1) is 18.5 Å². The van der Waals surface area contributed by atoms with Gasteiger partial charge in [0.25, 0.3) is 0 Å². The first kappa shape index (κ1) is 27.2. The maximum Gasteiger partial charge on any atom is 0.0923 e. The van der Waals surface area contributed by atoms with Crippen LogP contribution in [0, 0.1) is 11.8 Å². The molecule has 2 aromatic carbocycles. The van der Waals surface area contributed by atoms with E-state index in [4.69, 9.17) is 23.2 Å². The van der Waals surface area contributed by atoms with Crippen LogP contribution in [0.1, 0.15) is 81.8 Å². The molecule has 2 aromatic rings. The van der Waals surface area contributed by atoms with Gasteiger partial charge in [0, 0.05) is 26.2 Å². The van der Waals surface area contributed by atoms with E-state index in [0.717, 1.165) is 12.8 Å². The fourth-order valence-corrected chi connectivity index (χ4v) is 10.1. The minimum atomic E-state index is -1.04. The number of fused-ring (bicyclic) bond motifs is 2. The monoisotopic (exact) mass is 572 g/mol. The van der Waals surface area contributed by atoms with E-state index in [-0.39, 0.29) is 26.2 Å². The van der Waals surface area contributed by atoms with Gasteiger partial charge in [0.15, 0.2) is 0 Å². The fraction of sp³-hybridized carbons (Fsp3) is 0.448. The van der Waals surface area contributed by atoms with E-state index in [1.54, 1.807) is 0 Å². The molecule has 0 heterocycles. The standard InChI is InChI=1S/C29H36Cl2Si.Zr/c1-17(2)12-22-8-10-26-24(15-22)14-19(5)28(26,30)32-29(31)21(7)20(6)25-16-23(13-18(3)4)9-11-27(25)29;/h8-11,14-18H,12-13,32H2,1-7H3;. The molecule has 0 nitrogen and oxygen atoms in total. The van der Waals surface area contributed by atoms with Crippen LogP contribution in [0.2, 0.25) is 0 Å². The summed E-state index contributed by atoms with van der Waals surface area (Å²) in [6, 6.07) is 13.8. The summed E-state index contributed by atoms with van der Waals surface area (Å²) in [6.45, 7) is 15.7. The van der Waals surface area contributed by atoms with E-state index >= 15 is 0 Å². The van der Waals surface area contributed by atoms with Crippen molar-refractivity contribution >= 4 is 44.4 Å². The molecule has 0 N–H and O–H groups in total. The van der Waals surface area contributed by atoms with Crippen molar-refractivity contribution in [3.05, 3.63) is 80.9 Å². The maximum atomic E-state index is 7.60. The van der Waals surface area contributed by atoms with Gasteiger partial charge in [-0.2, -0.15) is 0 Å². The maximum absolute atomic E-state index is 7.60. The van der Waals surface area contributed by atoms with E-state index in [9.17, 15) is 0 Å². The normalized spacial score (nSPS) is 24.0. The van der Waals surface area contributed by atoms with Crippen molar-refractivity contribution in [1.82, 2.24) is 0 Å². The van der Waals surface area contributed by atoms with Crippen LogP contribution >= 0.6 is 23.2 Å². The molecule has 0 saturated carbocycles. The second-order valence-electron chi connectivity index (χ2n) is 10.9. The third-order valence-corrected chi connectivity index (χ3v) is 12.0. The summed E-state index contributed by atoms with van der Waals surface area (Å²) in [4.78, 5) is 0. The van der Waals surface area contributed by atoms with Gasteiger partial charge in [0.2, 0.25) is 0 Å². The number of benzene rings is 2. The molecule has 0 spiro atoms. The zero-order chi connectivity index (χ0) is 23.4. The summed E-state index contributed by atoms with van der Waals surface area (Å²) in [6.07, 6.45) is 4.49. The molecular weight excluding hydrogens is 539 g/mol. The molecule has 2 atom stereocenters. The van der Waals surface area contributed by atoms with Crippen LogP contribution in [-0.2, 0) is 48.0 Å². The van der Waals surface area contributed by atoms with Crippen LogP contribution in [-0.4, -0.2) is 9.52 Å². The summed E-state index contributed by atoms with van der Waals surface area (Å²) in [5.74, 6) is 1.29. The van der Waals surface area contributed by atoms with Crippen LogP contribution in [0.3, 0.4) is 0 Å². The van der Waals surface area contributed by atoms with Gasteiger partial charge in [-0.25, -0.2) is 0 Å². The van der Waals surface area contributed by atoms with Gasteiger partial charge in [-0.05, 0) is 90.0 Å². The van der Waals surface area contributed by atoms with Crippen LogP contribution in [0.15, 0.2) is 47.5 Å². The summed E-state index contributed by atoms with van der Waals surface area (Å²) < 4.78 is -0.905. The Bertz CT molecular complexity index is 1130. The second-order valence-corrected chi connectivity index (χ2v) is 15.5. The SMILES string of the molecule is CC1=Cc2cc(CC(C)C)ccc2C1(Cl)[SiH2]C1(Cl)C(C)=C(C)c2cc(CC(C)C)ccc21.[Zr]. The van der Waals surface area contributed by atoms with Crippen molar-refractivity contribution in [2.24, 2.45) is 11.8 Å². The summed E-state index contributed by atoms with van der Waals surface area (Å²) in [5.41, 5.74) is 11.8. The first-order valence-corrected chi connectivity index (χ1v) is 14.1. The quantitative estimate of drug-likeness (QED) is 0.243. The molecule has 2 aliphatic rings. The topological polar surface area (TPSA) is 0 Å². The van der Waals surface area contributed by atoms with Crippen molar-refractivity contribution in [2.45, 2.75) is 70.3 Å². The Morgan fingerprint density at radius 3 is 1.91 bits per heavy atom. The number of hydrogen-bond donors (Lipinski definition) is 0. The first-order valence-electron chi connectivity index (χ1n) is 12.0. The van der Waals surface area contributed by atoms with Crippen molar-refractivity contribution in [2.75, 3.05) is 0 Å². The molecule has 0 aliphatic heterocycles. The van der Waals surface area contributed by atoms with Crippen molar-refractivity contribution in [1.29, 1.82) is 0 Å². The fourth-order valence-electron chi connectivity index (χ4n) is 5.60. The molecule has 0 saturated heterocycles. The van der Waals surface area contributed by atoms with Crippen molar-refractivity contribution in [3.63, 3.8) is 0 Å². The van der Waals surface area contributed by atoms with Crippen molar-refractivity contribution < 1.29 is 26.2 Å². The molecule has 0 radical (unpaired) electrons. The van der Waals surface area contributed by atoms with Crippen molar-refractivity contribution in [3.8, 4) is 0 Å². The largest absolute Gasteiger partial charge is 0.114 e. The third kappa shape index (κ3) is 4.84. The number of alkyl halides is 2. The number of rotatable bonds is 6. The molecule has 0 amide bonds.